The summed E-state index contributed by atoms with van der Waals surface area (Å²) in [4.78, 5) is 3.62. The highest BCUT2D eigenvalue weighted by Crippen LogP contribution is 2.34. The standard InChI is InChI=1S/C17H20N4/c1-3-21-10-14(11(2)20-21)16-17-13(8-9-18-16)12-6-4-5-7-15(12)19-17/h4-7,10,16,18-19H,3,8-9H2,1-2H3. The molecule has 21 heavy (non-hydrogen) atoms. The molecule has 1 unspecified atom stereocenters. The number of H-pyrrole nitrogens is 1. The normalized spacial score (nSPS) is 18.1. The molecule has 1 aliphatic heterocycles. The van der Waals surface area contributed by atoms with Crippen molar-refractivity contribution in [2.45, 2.75) is 32.9 Å². The van der Waals surface area contributed by atoms with E-state index >= 15 is 0 Å². The molecule has 0 saturated heterocycles. The van der Waals surface area contributed by atoms with Gasteiger partial charge in [-0.1, -0.05) is 18.2 Å². The summed E-state index contributed by atoms with van der Waals surface area (Å²) in [6.07, 6.45) is 3.25. The molecule has 0 fully saturated rings. The number of nitrogens with zero attached hydrogens (tertiary/aromatic N) is 2. The molecule has 0 saturated carbocycles. The number of nitrogens with one attached hydrogen (secondary N) is 2. The molecule has 0 aliphatic carbocycles. The van der Waals surface area contributed by atoms with Gasteiger partial charge in [0, 0.05) is 41.4 Å². The molecule has 4 rings (SSSR count). The summed E-state index contributed by atoms with van der Waals surface area (Å²) in [5, 5.41) is 9.60. The van der Waals surface area contributed by atoms with Crippen molar-refractivity contribution in [2.24, 2.45) is 0 Å². The summed E-state index contributed by atoms with van der Waals surface area (Å²) in [5.41, 5.74) is 6.39. The van der Waals surface area contributed by atoms with Crippen LogP contribution >= 0.6 is 0 Å². The predicted molar refractivity (Wildman–Crippen MR) is 84.5 cm³/mol. The number of benzene rings is 1. The summed E-state index contributed by atoms with van der Waals surface area (Å²) in [5.74, 6) is 0. The van der Waals surface area contributed by atoms with E-state index in [0.717, 1.165) is 25.2 Å². The molecule has 2 N–H and O–H groups in total. The van der Waals surface area contributed by atoms with Crippen LogP contribution in [0.15, 0.2) is 30.5 Å². The van der Waals surface area contributed by atoms with Gasteiger partial charge in [-0.25, -0.2) is 0 Å². The minimum absolute atomic E-state index is 0.224. The molecule has 0 spiro atoms. The molecule has 0 bridgehead atoms. The average Bonchev–Trinajstić information content (AvgIpc) is 3.07. The van der Waals surface area contributed by atoms with Crippen molar-refractivity contribution in [3.8, 4) is 0 Å². The van der Waals surface area contributed by atoms with Crippen molar-refractivity contribution in [1.29, 1.82) is 0 Å². The Morgan fingerprint density at radius 3 is 3.00 bits per heavy atom. The van der Waals surface area contributed by atoms with Gasteiger partial charge in [-0.2, -0.15) is 5.10 Å². The fraction of sp³-hybridized carbons (Fsp3) is 0.353. The average molecular weight is 280 g/mol. The summed E-state index contributed by atoms with van der Waals surface area (Å²) in [6, 6.07) is 8.81. The van der Waals surface area contributed by atoms with Crippen molar-refractivity contribution < 1.29 is 0 Å². The van der Waals surface area contributed by atoms with Gasteiger partial charge in [-0.15, -0.1) is 0 Å². The number of aromatic amines is 1. The molecular formula is C17H20N4. The van der Waals surface area contributed by atoms with E-state index in [0.29, 0.717) is 0 Å². The Labute approximate surface area is 124 Å². The molecule has 1 aromatic carbocycles. The van der Waals surface area contributed by atoms with Gasteiger partial charge < -0.3 is 10.3 Å². The summed E-state index contributed by atoms with van der Waals surface area (Å²) < 4.78 is 2.02. The number of aromatic nitrogens is 3. The third kappa shape index (κ3) is 1.90. The third-order valence-corrected chi connectivity index (χ3v) is 4.48. The molecule has 2 aromatic heterocycles. The van der Waals surface area contributed by atoms with Crippen molar-refractivity contribution in [3.05, 3.63) is 53.0 Å². The summed E-state index contributed by atoms with van der Waals surface area (Å²) in [6.45, 7) is 6.14. The monoisotopic (exact) mass is 280 g/mol. The zero-order valence-corrected chi connectivity index (χ0v) is 12.5. The summed E-state index contributed by atoms with van der Waals surface area (Å²) >= 11 is 0. The molecule has 4 nitrogen and oxygen atoms in total. The molecule has 0 radical (unpaired) electrons. The van der Waals surface area contributed by atoms with Gasteiger partial charge in [-0.3, -0.25) is 4.68 Å². The highest BCUT2D eigenvalue weighted by Gasteiger charge is 2.27. The van der Waals surface area contributed by atoms with E-state index in [2.05, 4.69) is 59.7 Å². The van der Waals surface area contributed by atoms with Crippen LogP contribution in [0.5, 0.6) is 0 Å². The van der Waals surface area contributed by atoms with Crippen molar-refractivity contribution >= 4 is 10.9 Å². The van der Waals surface area contributed by atoms with Crippen LogP contribution in [0.25, 0.3) is 10.9 Å². The first kappa shape index (κ1) is 12.7. The van der Waals surface area contributed by atoms with Gasteiger partial charge in [0.05, 0.1) is 11.7 Å². The SMILES string of the molecule is CCn1cc(C2NCCc3c2[nH]c2ccccc32)c(C)n1. The first-order chi connectivity index (χ1) is 10.3. The molecular weight excluding hydrogens is 260 g/mol. The lowest BCUT2D eigenvalue weighted by atomic mass is 9.95. The predicted octanol–water partition coefficient (Wildman–Crippen LogP) is 2.93. The van der Waals surface area contributed by atoms with E-state index in [1.54, 1.807) is 0 Å². The first-order valence-corrected chi connectivity index (χ1v) is 7.64. The van der Waals surface area contributed by atoms with Gasteiger partial charge in [0.15, 0.2) is 0 Å². The van der Waals surface area contributed by atoms with Gasteiger partial charge >= 0.3 is 0 Å². The minimum Gasteiger partial charge on any atom is -0.357 e. The number of hydrogen-bond donors (Lipinski definition) is 2. The second-order valence-corrected chi connectivity index (χ2v) is 5.73. The molecule has 1 aliphatic rings. The van der Waals surface area contributed by atoms with Gasteiger partial charge in [0.2, 0.25) is 0 Å². The number of rotatable bonds is 2. The zero-order chi connectivity index (χ0) is 14.4. The third-order valence-electron chi connectivity index (χ3n) is 4.48. The maximum absolute atomic E-state index is 4.59. The number of hydrogen-bond acceptors (Lipinski definition) is 2. The van der Waals surface area contributed by atoms with Crippen LogP contribution in [0, 0.1) is 6.92 Å². The first-order valence-electron chi connectivity index (χ1n) is 7.64. The molecule has 0 amide bonds. The van der Waals surface area contributed by atoms with Crippen LogP contribution in [-0.2, 0) is 13.0 Å². The lowest BCUT2D eigenvalue weighted by molar-refractivity contribution is 0.557. The van der Waals surface area contributed by atoms with Crippen LogP contribution < -0.4 is 5.32 Å². The Balaban J connectivity index is 1.88. The fourth-order valence-electron chi connectivity index (χ4n) is 3.42. The Morgan fingerprint density at radius 1 is 1.33 bits per heavy atom. The molecule has 3 heterocycles. The highest BCUT2D eigenvalue weighted by atomic mass is 15.3. The lowest BCUT2D eigenvalue weighted by Crippen LogP contribution is -2.30. The lowest BCUT2D eigenvalue weighted by Gasteiger charge is -2.24. The minimum atomic E-state index is 0.224. The smallest absolute Gasteiger partial charge is 0.0765 e. The highest BCUT2D eigenvalue weighted by molar-refractivity contribution is 5.85. The number of fused-ring (bicyclic) bond motifs is 3. The van der Waals surface area contributed by atoms with E-state index in [-0.39, 0.29) is 6.04 Å². The van der Waals surface area contributed by atoms with Crippen LogP contribution in [0.3, 0.4) is 0 Å². The van der Waals surface area contributed by atoms with Crippen LogP contribution in [0.4, 0.5) is 0 Å². The van der Waals surface area contributed by atoms with Gasteiger partial charge in [0.1, 0.15) is 0 Å². The second-order valence-electron chi connectivity index (χ2n) is 5.73. The van der Waals surface area contributed by atoms with Gasteiger partial charge in [0.25, 0.3) is 0 Å². The fourth-order valence-corrected chi connectivity index (χ4v) is 3.42. The zero-order valence-electron chi connectivity index (χ0n) is 12.5. The largest absolute Gasteiger partial charge is 0.357 e. The molecule has 1 atom stereocenters. The van der Waals surface area contributed by atoms with Crippen LogP contribution in [-0.4, -0.2) is 21.3 Å². The van der Waals surface area contributed by atoms with Crippen molar-refractivity contribution in [3.63, 3.8) is 0 Å². The van der Waals surface area contributed by atoms with E-state index < -0.39 is 0 Å². The Morgan fingerprint density at radius 2 is 2.19 bits per heavy atom. The van der Waals surface area contributed by atoms with Crippen molar-refractivity contribution in [1.82, 2.24) is 20.1 Å². The summed E-state index contributed by atoms with van der Waals surface area (Å²) in [7, 11) is 0. The van der Waals surface area contributed by atoms with Crippen molar-refractivity contribution in [2.75, 3.05) is 6.54 Å². The second kappa shape index (κ2) is 4.74. The Bertz CT molecular complexity index is 796. The maximum Gasteiger partial charge on any atom is 0.0765 e. The number of aryl methyl sites for hydroxylation is 2. The Kier molecular flexibility index (Phi) is 2.86. The topological polar surface area (TPSA) is 45.6 Å². The van der Waals surface area contributed by atoms with Gasteiger partial charge in [-0.05, 0) is 31.9 Å². The Hall–Kier alpha value is -2.07. The quantitative estimate of drug-likeness (QED) is 0.758. The molecule has 3 aromatic rings. The molecule has 108 valence electrons. The van der Waals surface area contributed by atoms with Crippen LogP contribution in [0.2, 0.25) is 0 Å². The van der Waals surface area contributed by atoms with E-state index in [9.17, 15) is 0 Å². The maximum atomic E-state index is 4.59. The number of para-hydroxylation sites is 1. The van der Waals surface area contributed by atoms with E-state index in [1.165, 1.54) is 27.7 Å². The van der Waals surface area contributed by atoms with Crippen LogP contribution in [0.1, 0.15) is 35.5 Å². The molecule has 4 heteroatoms. The van der Waals surface area contributed by atoms with E-state index in [4.69, 9.17) is 0 Å². The van der Waals surface area contributed by atoms with E-state index in [1.807, 2.05) is 4.68 Å².